The van der Waals surface area contributed by atoms with Crippen LogP contribution in [0.1, 0.15) is 30.1 Å². The Morgan fingerprint density at radius 2 is 2.15 bits per heavy atom. The molecule has 3 N–H and O–H groups in total. The van der Waals surface area contributed by atoms with Crippen molar-refractivity contribution < 1.29 is 19.1 Å². The molecule has 1 aromatic carbocycles. The second-order valence-corrected chi connectivity index (χ2v) is 5.12. The number of carboxylic acid groups (broad SMARTS) is 1. The van der Waals surface area contributed by atoms with Crippen LogP contribution in [-0.4, -0.2) is 23.7 Å². The van der Waals surface area contributed by atoms with Crippen molar-refractivity contribution in [2.45, 2.75) is 19.8 Å². The molecular formula is C14H17FN2O3. The molecule has 108 valence electrons. The van der Waals surface area contributed by atoms with Gasteiger partial charge in [0.15, 0.2) is 0 Å². The molecule has 6 heteroatoms. The van der Waals surface area contributed by atoms with E-state index in [1.165, 1.54) is 25.0 Å². The normalized spacial score (nSPS) is 15.5. The van der Waals surface area contributed by atoms with E-state index in [0.29, 0.717) is 18.4 Å². The van der Waals surface area contributed by atoms with Crippen LogP contribution in [0.4, 0.5) is 14.9 Å². The fourth-order valence-corrected chi connectivity index (χ4v) is 2.07. The van der Waals surface area contributed by atoms with Gasteiger partial charge in [0.2, 0.25) is 0 Å². The van der Waals surface area contributed by atoms with E-state index < -0.39 is 17.8 Å². The molecule has 0 spiro atoms. The Morgan fingerprint density at radius 1 is 1.45 bits per heavy atom. The lowest BCUT2D eigenvalue weighted by atomic mass is 10.1. The average molecular weight is 280 g/mol. The molecule has 2 amide bonds. The summed E-state index contributed by atoms with van der Waals surface area (Å²) >= 11 is 0. The number of hydrogen-bond donors (Lipinski definition) is 3. The van der Waals surface area contributed by atoms with Crippen LogP contribution in [0.15, 0.2) is 18.2 Å². The highest BCUT2D eigenvalue weighted by Gasteiger charge is 2.28. The summed E-state index contributed by atoms with van der Waals surface area (Å²) in [5.41, 5.74) is -0.577. The third-order valence-corrected chi connectivity index (χ3v) is 3.49. The predicted octanol–water partition coefficient (Wildman–Crippen LogP) is 2.69. The number of amides is 2. The third-order valence-electron chi connectivity index (χ3n) is 3.49. The number of aromatic carboxylic acids is 1. The van der Waals surface area contributed by atoms with Crippen molar-refractivity contribution in [3.05, 3.63) is 29.6 Å². The van der Waals surface area contributed by atoms with Crippen molar-refractivity contribution in [3.8, 4) is 0 Å². The zero-order valence-electron chi connectivity index (χ0n) is 11.1. The summed E-state index contributed by atoms with van der Waals surface area (Å²) < 4.78 is 13.6. The summed E-state index contributed by atoms with van der Waals surface area (Å²) in [5, 5.41) is 13.9. The quantitative estimate of drug-likeness (QED) is 0.776. The lowest BCUT2D eigenvalue weighted by Crippen LogP contribution is -2.33. The SMILES string of the molecule is CC(CNC(=O)Nc1c(F)cccc1C(=O)O)C1CC1. The Balaban J connectivity index is 1.98. The van der Waals surface area contributed by atoms with Crippen LogP contribution in [0, 0.1) is 17.7 Å². The number of benzene rings is 1. The molecule has 0 saturated heterocycles. The molecule has 5 nitrogen and oxygen atoms in total. The molecule has 0 radical (unpaired) electrons. The Kier molecular flexibility index (Phi) is 4.22. The maximum Gasteiger partial charge on any atom is 0.337 e. The minimum Gasteiger partial charge on any atom is -0.478 e. The molecule has 0 heterocycles. The van der Waals surface area contributed by atoms with Crippen LogP contribution >= 0.6 is 0 Å². The summed E-state index contributed by atoms with van der Waals surface area (Å²) in [6.07, 6.45) is 2.36. The lowest BCUT2D eigenvalue weighted by molar-refractivity contribution is 0.0697. The molecule has 1 saturated carbocycles. The van der Waals surface area contributed by atoms with Gasteiger partial charge in [-0.3, -0.25) is 0 Å². The number of carbonyl (C=O) groups excluding carboxylic acids is 1. The molecule has 20 heavy (non-hydrogen) atoms. The van der Waals surface area contributed by atoms with E-state index in [0.717, 1.165) is 6.07 Å². The topological polar surface area (TPSA) is 78.4 Å². The number of nitrogens with one attached hydrogen (secondary N) is 2. The fraction of sp³-hybridized carbons (Fsp3) is 0.429. The van der Waals surface area contributed by atoms with E-state index in [9.17, 15) is 14.0 Å². The maximum absolute atomic E-state index is 13.6. The molecule has 2 rings (SSSR count). The van der Waals surface area contributed by atoms with E-state index in [1.54, 1.807) is 0 Å². The number of carboxylic acids is 1. The second kappa shape index (κ2) is 5.90. The summed E-state index contributed by atoms with van der Waals surface area (Å²) in [5.74, 6) is -1.03. The first-order chi connectivity index (χ1) is 9.49. The third kappa shape index (κ3) is 3.46. The smallest absolute Gasteiger partial charge is 0.337 e. The summed E-state index contributed by atoms with van der Waals surface area (Å²) in [6.45, 7) is 2.54. The van der Waals surface area contributed by atoms with Crippen molar-refractivity contribution in [2.75, 3.05) is 11.9 Å². The van der Waals surface area contributed by atoms with Crippen LogP contribution in [0.5, 0.6) is 0 Å². The number of urea groups is 1. The van der Waals surface area contributed by atoms with Gasteiger partial charge >= 0.3 is 12.0 Å². The summed E-state index contributed by atoms with van der Waals surface area (Å²) in [6, 6.07) is 3.05. The van der Waals surface area contributed by atoms with Gasteiger partial charge in [0.1, 0.15) is 5.82 Å². The van der Waals surface area contributed by atoms with Gasteiger partial charge in [0.05, 0.1) is 11.3 Å². The fourth-order valence-electron chi connectivity index (χ4n) is 2.07. The highest BCUT2D eigenvalue weighted by Crippen LogP contribution is 2.36. The van der Waals surface area contributed by atoms with E-state index in [1.807, 2.05) is 6.92 Å². The van der Waals surface area contributed by atoms with Crippen LogP contribution in [0.25, 0.3) is 0 Å². The van der Waals surface area contributed by atoms with Gasteiger partial charge in [-0.2, -0.15) is 0 Å². The lowest BCUT2D eigenvalue weighted by Gasteiger charge is -2.13. The number of anilines is 1. The maximum atomic E-state index is 13.6. The number of rotatable bonds is 5. The van der Waals surface area contributed by atoms with Gasteiger partial charge in [-0.05, 0) is 36.8 Å². The van der Waals surface area contributed by atoms with Gasteiger partial charge in [0.25, 0.3) is 0 Å². The monoisotopic (exact) mass is 280 g/mol. The van der Waals surface area contributed by atoms with Crippen LogP contribution < -0.4 is 10.6 Å². The Hall–Kier alpha value is -2.11. The van der Waals surface area contributed by atoms with Crippen molar-refractivity contribution in [1.29, 1.82) is 0 Å². The number of carbonyl (C=O) groups is 2. The second-order valence-electron chi connectivity index (χ2n) is 5.12. The highest BCUT2D eigenvalue weighted by molar-refractivity contribution is 6.00. The van der Waals surface area contributed by atoms with Crippen molar-refractivity contribution in [3.63, 3.8) is 0 Å². The zero-order valence-corrected chi connectivity index (χ0v) is 11.1. The Bertz CT molecular complexity index is 529. The molecule has 1 atom stereocenters. The van der Waals surface area contributed by atoms with Crippen molar-refractivity contribution in [1.82, 2.24) is 5.32 Å². The largest absolute Gasteiger partial charge is 0.478 e. The molecule has 1 unspecified atom stereocenters. The van der Waals surface area contributed by atoms with E-state index in [-0.39, 0.29) is 11.3 Å². The van der Waals surface area contributed by atoms with E-state index in [2.05, 4.69) is 10.6 Å². The average Bonchev–Trinajstić information content (AvgIpc) is 3.22. The summed E-state index contributed by atoms with van der Waals surface area (Å²) in [7, 11) is 0. The zero-order chi connectivity index (χ0) is 14.7. The van der Waals surface area contributed by atoms with Crippen LogP contribution in [0.2, 0.25) is 0 Å². The first-order valence-corrected chi connectivity index (χ1v) is 6.55. The molecule has 0 aliphatic heterocycles. The van der Waals surface area contributed by atoms with Gasteiger partial charge in [0, 0.05) is 6.54 Å². The molecule has 1 aliphatic rings. The first kappa shape index (κ1) is 14.3. The van der Waals surface area contributed by atoms with Gasteiger partial charge in [-0.25, -0.2) is 14.0 Å². The van der Waals surface area contributed by atoms with Crippen LogP contribution in [0.3, 0.4) is 0 Å². The van der Waals surface area contributed by atoms with Gasteiger partial charge < -0.3 is 15.7 Å². The molecule has 1 aromatic rings. The van der Waals surface area contributed by atoms with Gasteiger partial charge in [-0.1, -0.05) is 13.0 Å². The first-order valence-electron chi connectivity index (χ1n) is 6.55. The molecule has 0 aromatic heterocycles. The van der Waals surface area contributed by atoms with Gasteiger partial charge in [-0.15, -0.1) is 0 Å². The standard InChI is InChI=1S/C14H17FN2O3/c1-8(9-5-6-9)7-16-14(20)17-12-10(13(18)19)3-2-4-11(12)15/h2-4,8-9H,5-7H2,1H3,(H,18,19)(H2,16,17,20). The van der Waals surface area contributed by atoms with Crippen LogP contribution in [-0.2, 0) is 0 Å². The van der Waals surface area contributed by atoms with Crippen molar-refractivity contribution in [2.24, 2.45) is 11.8 Å². The Labute approximate surface area is 116 Å². The minimum atomic E-state index is -1.29. The minimum absolute atomic E-state index is 0.268. The van der Waals surface area contributed by atoms with Crippen molar-refractivity contribution >= 4 is 17.7 Å². The number of para-hydroxylation sites is 1. The molecule has 0 bridgehead atoms. The summed E-state index contributed by atoms with van der Waals surface area (Å²) in [4.78, 5) is 22.7. The van der Waals surface area contributed by atoms with E-state index >= 15 is 0 Å². The number of halogens is 1. The highest BCUT2D eigenvalue weighted by atomic mass is 19.1. The predicted molar refractivity (Wildman–Crippen MR) is 72.3 cm³/mol. The number of hydrogen-bond acceptors (Lipinski definition) is 2. The Morgan fingerprint density at radius 3 is 2.75 bits per heavy atom. The molecular weight excluding hydrogens is 263 g/mol. The molecule has 1 aliphatic carbocycles. The molecule has 1 fully saturated rings. The van der Waals surface area contributed by atoms with E-state index in [4.69, 9.17) is 5.11 Å².